The van der Waals surface area contributed by atoms with Crippen molar-refractivity contribution < 1.29 is 14.7 Å². The van der Waals surface area contributed by atoms with E-state index < -0.39 is 11.5 Å². The smallest absolute Gasteiger partial charge is 0.323 e. The zero-order valence-corrected chi connectivity index (χ0v) is 13.9. The first-order valence-electron chi connectivity index (χ1n) is 6.85. The molecule has 1 aromatic rings. The molecule has 21 heavy (non-hydrogen) atoms. The predicted octanol–water partition coefficient (Wildman–Crippen LogP) is 2.94. The van der Waals surface area contributed by atoms with E-state index in [4.69, 9.17) is 5.11 Å². The van der Waals surface area contributed by atoms with E-state index in [2.05, 4.69) is 6.07 Å². The standard InChI is InChI=1S/C16H23NO3S/c1-12-6-5-7-13(8-12)10-21-11-14(18)17(9-15(19)20)16(2,3)4/h5-8H,9-11H2,1-4H3,(H,19,20). The predicted molar refractivity (Wildman–Crippen MR) is 86.4 cm³/mol. The van der Waals surface area contributed by atoms with E-state index in [9.17, 15) is 9.59 Å². The number of hydrogen-bond acceptors (Lipinski definition) is 3. The normalized spacial score (nSPS) is 11.2. The summed E-state index contributed by atoms with van der Waals surface area (Å²) >= 11 is 1.51. The van der Waals surface area contributed by atoms with Crippen LogP contribution in [0, 0.1) is 6.92 Å². The van der Waals surface area contributed by atoms with Crippen LogP contribution in [-0.2, 0) is 15.3 Å². The third-order valence-corrected chi connectivity index (χ3v) is 3.97. The third kappa shape index (κ3) is 6.21. The molecule has 0 aliphatic heterocycles. The lowest BCUT2D eigenvalue weighted by Gasteiger charge is -2.34. The number of thioether (sulfide) groups is 1. The van der Waals surface area contributed by atoms with Crippen molar-refractivity contribution in [2.24, 2.45) is 0 Å². The average molecular weight is 309 g/mol. The first kappa shape index (κ1) is 17.6. The zero-order valence-electron chi connectivity index (χ0n) is 13.0. The minimum absolute atomic E-state index is 0.137. The highest BCUT2D eigenvalue weighted by atomic mass is 32.2. The minimum Gasteiger partial charge on any atom is -0.480 e. The lowest BCUT2D eigenvalue weighted by Crippen LogP contribution is -2.49. The Balaban J connectivity index is 2.56. The topological polar surface area (TPSA) is 57.6 Å². The summed E-state index contributed by atoms with van der Waals surface area (Å²) in [6, 6.07) is 8.16. The second-order valence-electron chi connectivity index (χ2n) is 6.03. The highest BCUT2D eigenvalue weighted by Crippen LogP contribution is 2.18. The van der Waals surface area contributed by atoms with Gasteiger partial charge < -0.3 is 10.0 Å². The van der Waals surface area contributed by atoms with Crippen molar-refractivity contribution in [3.05, 3.63) is 35.4 Å². The molecular formula is C16H23NO3S. The van der Waals surface area contributed by atoms with E-state index in [1.54, 1.807) is 0 Å². The number of benzene rings is 1. The van der Waals surface area contributed by atoms with E-state index >= 15 is 0 Å². The van der Waals surface area contributed by atoms with Crippen LogP contribution in [0.1, 0.15) is 31.9 Å². The highest BCUT2D eigenvalue weighted by Gasteiger charge is 2.27. The van der Waals surface area contributed by atoms with E-state index in [-0.39, 0.29) is 12.5 Å². The third-order valence-electron chi connectivity index (χ3n) is 2.98. The summed E-state index contributed by atoms with van der Waals surface area (Å²) in [6.45, 7) is 7.32. The first-order valence-corrected chi connectivity index (χ1v) is 8.01. The summed E-state index contributed by atoms with van der Waals surface area (Å²) in [5.74, 6) is -0.0822. The number of aliphatic carboxylic acids is 1. The van der Waals surface area contributed by atoms with Crippen LogP contribution in [0.4, 0.5) is 0 Å². The monoisotopic (exact) mass is 309 g/mol. The molecule has 0 aliphatic carbocycles. The Hall–Kier alpha value is -1.49. The van der Waals surface area contributed by atoms with Crippen molar-refractivity contribution in [2.45, 2.75) is 39.0 Å². The number of nitrogens with zero attached hydrogens (tertiary/aromatic N) is 1. The Kier molecular flexibility index (Phi) is 6.27. The molecule has 0 aromatic heterocycles. The van der Waals surface area contributed by atoms with Gasteiger partial charge in [-0.3, -0.25) is 9.59 Å². The van der Waals surface area contributed by atoms with Crippen molar-refractivity contribution in [1.82, 2.24) is 4.90 Å². The molecule has 0 heterocycles. The highest BCUT2D eigenvalue weighted by molar-refractivity contribution is 7.99. The molecular weight excluding hydrogens is 286 g/mol. The fraction of sp³-hybridized carbons (Fsp3) is 0.500. The molecule has 0 aliphatic rings. The molecule has 4 nitrogen and oxygen atoms in total. The number of hydrogen-bond donors (Lipinski definition) is 1. The summed E-state index contributed by atoms with van der Waals surface area (Å²) in [6.07, 6.45) is 0. The van der Waals surface area contributed by atoms with Gasteiger partial charge in [0.2, 0.25) is 5.91 Å². The van der Waals surface area contributed by atoms with Crippen LogP contribution in [0.5, 0.6) is 0 Å². The Bertz CT molecular complexity index is 508. The van der Waals surface area contributed by atoms with Gasteiger partial charge in [-0.05, 0) is 33.3 Å². The fourth-order valence-electron chi connectivity index (χ4n) is 1.97. The van der Waals surface area contributed by atoms with Crippen molar-refractivity contribution in [3.8, 4) is 0 Å². The Labute approximate surface area is 130 Å². The number of carbonyl (C=O) groups excluding carboxylic acids is 1. The number of rotatable bonds is 6. The lowest BCUT2D eigenvalue weighted by atomic mass is 10.1. The molecule has 0 unspecified atom stereocenters. The van der Waals surface area contributed by atoms with Gasteiger partial charge in [-0.2, -0.15) is 0 Å². The average Bonchev–Trinajstić information content (AvgIpc) is 2.34. The van der Waals surface area contributed by atoms with Gasteiger partial charge in [-0.1, -0.05) is 29.8 Å². The van der Waals surface area contributed by atoms with Crippen molar-refractivity contribution in [3.63, 3.8) is 0 Å². The molecule has 1 aromatic carbocycles. The Morgan fingerprint density at radius 3 is 2.48 bits per heavy atom. The molecule has 0 fully saturated rings. The zero-order chi connectivity index (χ0) is 16.0. The first-order chi connectivity index (χ1) is 9.70. The minimum atomic E-state index is -0.984. The molecule has 0 saturated carbocycles. The van der Waals surface area contributed by atoms with Gasteiger partial charge in [-0.15, -0.1) is 11.8 Å². The summed E-state index contributed by atoms with van der Waals surface area (Å²) < 4.78 is 0. The van der Waals surface area contributed by atoms with E-state index in [0.717, 1.165) is 5.75 Å². The fourth-order valence-corrected chi connectivity index (χ4v) is 2.82. The maximum absolute atomic E-state index is 12.2. The van der Waals surface area contributed by atoms with E-state index in [0.29, 0.717) is 5.75 Å². The molecule has 1 amide bonds. The van der Waals surface area contributed by atoms with Gasteiger partial charge in [0.05, 0.1) is 5.75 Å². The molecule has 1 rings (SSSR count). The molecule has 0 spiro atoms. The van der Waals surface area contributed by atoms with Gasteiger partial charge >= 0.3 is 5.97 Å². The van der Waals surface area contributed by atoms with Gasteiger partial charge in [-0.25, -0.2) is 0 Å². The maximum Gasteiger partial charge on any atom is 0.323 e. The largest absolute Gasteiger partial charge is 0.480 e. The molecule has 0 atom stereocenters. The molecule has 1 N–H and O–H groups in total. The van der Waals surface area contributed by atoms with Crippen LogP contribution < -0.4 is 0 Å². The summed E-state index contributed by atoms with van der Waals surface area (Å²) in [5.41, 5.74) is 1.88. The number of aryl methyl sites for hydroxylation is 1. The van der Waals surface area contributed by atoms with Crippen LogP contribution >= 0.6 is 11.8 Å². The van der Waals surface area contributed by atoms with Gasteiger partial charge in [0.25, 0.3) is 0 Å². The van der Waals surface area contributed by atoms with Crippen LogP contribution in [0.15, 0.2) is 24.3 Å². The maximum atomic E-state index is 12.2. The molecule has 0 saturated heterocycles. The second-order valence-corrected chi connectivity index (χ2v) is 7.01. The Morgan fingerprint density at radius 1 is 1.29 bits per heavy atom. The van der Waals surface area contributed by atoms with E-state index in [1.807, 2.05) is 45.9 Å². The van der Waals surface area contributed by atoms with Crippen LogP contribution in [0.3, 0.4) is 0 Å². The van der Waals surface area contributed by atoms with E-state index in [1.165, 1.54) is 27.8 Å². The van der Waals surface area contributed by atoms with Crippen molar-refractivity contribution in [1.29, 1.82) is 0 Å². The van der Waals surface area contributed by atoms with Crippen LogP contribution in [0.25, 0.3) is 0 Å². The van der Waals surface area contributed by atoms with Crippen LogP contribution in [-0.4, -0.2) is 39.7 Å². The number of carboxylic acid groups (broad SMARTS) is 1. The van der Waals surface area contributed by atoms with Gasteiger partial charge in [0, 0.05) is 11.3 Å². The number of carboxylic acids is 1. The number of amides is 1. The molecule has 5 heteroatoms. The second kappa shape index (κ2) is 7.50. The summed E-state index contributed by atoms with van der Waals surface area (Å²) in [5, 5.41) is 8.93. The quantitative estimate of drug-likeness (QED) is 0.878. The number of carbonyl (C=O) groups is 2. The SMILES string of the molecule is Cc1cccc(CSCC(=O)N(CC(=O)O)C(C)(C)C)c1. The molecule has 0 bridgehead atoms. The van der Waals surface area contributed by atoms with Gasteiger partial charge in [0.15, 0.2) is 0 Å². The molecule has 116 valence electrons. The summed E-state index contributed by atoms with van der Waals surface area (Å²) in [4.78, 5) is 24.5. The van der Waals surface area contributed by atoms with Crippen molar-refractivity contribution >= 4 is 23.6 Å². The Morgan fingerprint density at radius 2 is 1.95 bits per heavy atom. The van der Waals surface area contributed by atoms with Gasteiger partial charge in [0.1, 0.15) is 6.54 Å². The van der Waals surface area contributed by atoms with Crippen LogP contribution in [0.2, 0.25) is 0 Å². The summed E-state index contributed by atoms with van der Waals surface area (Å²) in [7, 11) is 0. The lowest BCUT2D eigenvalue weighted by molar-refractivity contribution is -0.146. The van der Waals surface area contributed by atoms with Crippen molar-refractivity contribution in [2.75, 3.05) is 12.3 Å². The molecule has 0 radical (unpaired) electrons.